The molecule has 0 bridgehead atoms. The first-order valence-electron chi connectivity index (χ1n) is 9.14. The Morgan fingerprint density at radius 3 is 2.48 bits per heavy atom. The maximum atomic E-state index is 12.5. The van der Waals surface area contributed by atoms with Gasteiger partial charge in [0.1, 0.15) is 5.75 Å². The van der Waals surface area contributed by atoms with E-state index in [9.17, 15) is 4.79 Å². The van der Waals surface area contributed by atoms with Gasteiger partial charge in [-0.2, -0.15) is 4.98 Å². The molecule has 1 aromatic carbocycles. The molecule has 2 heterocycles. The summed E-state index contributed by atoms with van der Waals surface area (Å²) in [5.74, 6) is 2.17. The van der Waals surface area contributed by atoms with Crippen LogP contribution in [0.1, 0.15) is 24.1 Å². The maximum Gasteiger partial charge on any atom is 0.228 e. The van der Waals surface area contributed by atoms with E-state index in [1.165, 1.54) is 0 Å². The number of aromatic nitrogens is 2. The second-order valence-electron chi connectivity index (χ2n) is 6.68. The molecule has 27 heavy (non-hydrogen) atoms. The number of amides is 1. The Bertz CT molecular complexity index is 771. The van der Waals surface area contributed by atoms with Crippen LogP contribution in [0, 0.1) is 12.8 Å². The fourth-order valence-corrected chi connectivity index (χ4v) is 3.19. The molecule has 1 N–H and O–H groups in total. The molecule has 2 aromatic rings. The minimum Gasteiger partial charge on any atom is -0.497 e. The predicted molar refractivity (Wildman–Crippen MR) is 103 cm³/mol. The van der Waals surface area contributed by atoms with E-state index in [4.69, 9.17) is 9.47 Å². The van der Waals surface area contributed by atoms with Gasteiger partial charge in [0.15, 0.2) is 0 Å². The Kier molecular flexibility index (Phi) is 6.11. The molecular formula is C20H26N4O3. The molecule has 7 heteroatoms. The molecule has 144 valence electrons. The molecule has 1 fully saturated rings. The fourth-order valence-electron chi connectivity index (χ4n) is 3.19. The molecular weight excluding hydrogens is 344 g/mol. The predicted octanol–water partition coefficient (Wildman–Crippen LogP) is 2.34. The van der Waals surface area contributed by atoms with E-state index >= 15 is 0 Å². The third-order valence-corrected chi connectivity index (χ3v) is 4.80. The number of carbonyl (C=O) groups excluding carboxylic acids is 1. The largest absolute Gasteiger partial charge is 0.497 e. The molecule has 1 aliphatic rings. The van der Waals surface area contributed by atoms with E-state index in [1.807, 2.05) is 37.3 Å². The average Bonchev–Trinajstić information content (AvgIpc) is 2.72. The van der Waals surface area contributed by atoms with E-state index in [0.29, 0.717) is 18.4 Å². The van der Waals surface area contributed by atoms with Crippen molar-refractivity contribution in [3.8, 4) is 11.6 Å². The first-order chi connectivity index (χ1) is 13.1. The van der Waals surface area contributed by atoms with Gasteiger partial charge in [0, 0.05) is 37.3 Å². The van der Waals surface area contributed by atoms with Gasteiger partial charge in [-0.15, -0.1) is 0 Å². The van der Waals surface area contributed by atoms with Gasteiger partial charge < -0.3 is 19.7 Å². The monoisotopic (exact) mass is 370 g/mol. The zero-order valence-electron chi connectivity index (χ0n) is 16.1. The van der Waals surface area contributed by atoms with Crippen LogP contribution in [0.3, 0.4) is 0 Å². The molecule has 0 atom stereocenters. The molecule has 3 rings (SSSR count). The summed E-state index contributed by atoms with van der Waals surface area (Å²) in [5, 5.41) is 3.04. The summed E-state index contributed by atoms with van der Waals surface area (Å²) in [5.41, 5.74) is 1.93. The quantitative estimate of drug-likeness (QED) is 0.841. The van der Waals surface area contributed by atoms with Crippen LogP contribution in [0.2, 0.25) is 0 Å². The third kappa shape index (κ3) is 4.87. The highest BCUT2D eigenvalue weighted by Gasteiger charge is 2.26. The summed E-state index contributed by atoms with van der Waals surface area (Å²) in [4.78, 5) is 23.5. The molecule has 1 aliphatic heterocycles. The number of piperidine rings is 1. The number of nitrogens with zero attached hydrogens (tertiary/aromatic N) is 3. The molecule has 1 saturated heterocycles. The van der Waals surface area contributed by atoms with Crippen molar-refractivity contribution in [2.75, 3.05) is 32.2 Å². The lowest BCUT2D eigenvalue weighted by atomic mass is 9.96. The van der Waals surface area contributed by atoms with Gasteiger partial charge in [-0.25, -0.2) is 4.98 Å². The minimum absolute atomic E-state index is 0.0196. The Balaban J connectivity index is 1.50. The van der Waals surface area contributed by atoms with Crippen LogP contribution in [0.5, 0.6) is 11.6 Å². The van der Waals surface area contributed by atoms with Crippen molar-refractivity contribution in [2.24, 2.45) is 5.92 Å². The van der Waals surface area contributed by atoms with Crippen molar-refractivity contribution in [1.82, 2.24) is 15.3 Å². The summed E-state index contributed by atoms with van der Waals surface area (Å²) < 4.78 is 10.4. The SMILES string of the molecule is COc1ccc(CNC(=O)C2CCN(c3nc(C)cc(OC)n3)CC2)cc1. The molecule has 1 amide bonds. The van der Waals surface area contributed by atoms with Gasteiger partial charge in [-0.3, -0.25) is 4.79 Å². The Morgan fingerprint density at radius 1 is 1.15 bits per heavy atom. The van der Waals surface area contributed by atoms with Gasteiger partial charge in [0.25, 0.3) is 0 Å². The summed E-state index contributed by atoms with van der Waals surface area (Å²) in [6.45, 7) is 3.97. The van der Waals surface area contributed by atoms with Crippen molar-refractivity contribution in [2.45, 2.75) is 26.3 Å². The van der Waals surface area contributed by atoms with E-state index < -0.39 is 0 Å². The second-order valence-corrected chi connectivity index (χ2v) is 6.68. The van der Waals surface area contributed by atoms with E-state index in [0.717, 1.165) is 42.9 Å². The average molecular weight is 370 g/mol. The van der Waals surface area contributed by atoms with E-state index in [1.54, 1.807) is 14.2 Å². The molecule has 0 spiro atoms. The van der Waals surface area contributed by atoms with Crippen molar-refractivity contribution >= 4 is 11.9 Å². The summed E-state index contributed by atoms with van der Waals surface area (Å²) in [6, 6.07) is 9.53. The van der Waals surface area contributed by atoms with Crippen LogP contribution in [0.4, 0.5) is 5.95 Å². The number of anilines is 1. The fraction of sp³-hybridized carbons (Fsp3) is 0.450. The molecule has 7 nitrogen and oxygen atoms in total. The molecule has 0 unspecified atom stereocenters. The molecule has 0 aliphatic carbocycles. The zero-order chi connectivity index (χ0) is 19.2. The Morgan fingerprint density at radius 2 is 1.85 bits per heavy atom. The first kappa shape index (κ1) is 18.9. The van der Waals surface area contributed by atoms with Crippen molar-refractivity contribution in [3.05, 3.63) is 41.6 Å². The summed E-state index contributed by atoms with van der Waals surface area (Å²) in [7, 11) is 3.24. The van der Waals surface area contributed by atoms with Gasteiger partial charge >= 0.3 is 0 Å². The Hall–Kier alpha value is -2.83. The van der Waals surface area contributed by atoms with Crippen LogP contribution >= 0.6 is 0 Å². The zero-order valence-corrected chi connectivity index (χ0v) is 16.1. The minimum atomic E-state index is 0.0196. The lowest BCUT2D eigenvalue weighted by Gasteiger charge is -2.31. The number of ether oxygens (including phenoxy) is 2. The number of rotatable bonds is 6. The van der Waals surface area contributed by atoms with Crippen LogP contribution in [-0.2, 0) is 11.3 Å². The van der Waals surface area contributed by atoms with Crippen LogP contribution in [0.25, 0.3) is 0 Å². The topological polar surface area (TPSA) is 76.6 Å². The van der Waals surface area contributed by atoms with Gasteiger partial charge in [-0.05, 0) is 37.5 Å². The van der Waals surface area contributed by atoms with Crippen LogP contribution in [0.15, 0.2) is 30.3 Å². The van der Waals surface area contributed by atoms with Gasteiger partial charge in [0.2, 0.25) is 17.7 Å². The lowest BCUT2D eigenvalue weighted by Crippen LogP contribution is -2.41. The van der Waals surface area contributed by atoms with E-state index in [2.05, 4.69) is 20.2 Å². The van der Waals surface area contributed by atoms with Crippen molar-refractivity contribution in [3.63, 3.8) is 0 Å². The second kappa shape index (κ2) is 8.70. The Labute approximate surface area is 159 Å². The molecule has 0 radical (unpaired) electrons. The van der Waals surface area contributed by atoms with Crippen LogP contribution in [-0.4, -0.2) is 43.2 Å². The first-order valence-corrected chi connectivity index (χ1v) is 9.14. The van der Waals surface area contributed by atoms with Gasteiger partial charge in [-0.1, -0.05) is 12.1 Å². The number of hydrogen-bond donors (Lipinski definition) is 1. The van der Waals surface area contributed by atoms with Crippen LogP contribution < -0.4 is 19.7 Å². The molecule has 0 saturated carbocycles. The van der Waals surface area contributed by atoms with Crippen molar-refractivity contribution in [1.29, 1.82) is 0 Å². The van der Waals surface area contributed by atoms with Gasteiger partial charge in [0.05, 0.1) is 14.2 Å². The number of aryl methyl sites for hydroxylation is 1. The van der Waals surface area contributed by atoms with E-state index in [-0.39, 0.29) is 11.8 Å². The number of nitrogens with one attached hydrogen (secondary N) is 1. The normalized spacial score (nSPS) is 14.7. The van der Waals surface area contributed by atoms with Crippen molar-refractivity contribution < 1.29 is 14.3 Å². The number of carbonyl (C=O) groups is 1. The lowest BCUT2D eigenvalue weighted by molar-refractivity contribution is -0.125. The highest BCUT2D eigenvalue weighted by atomic mass is 16.5. The maximum absolute atomic E-state index is 12.5. The summed E-state index contributed by atoms with van der Waals surface area (Å²) >= 11 is 0. The summed E-state index contributed by atoms with van der Waals surface area (Å²) in [6.07, 6.45) is 1.57. The number of benzene rings is 1. The third-order valence-electron chi connectivity index (χ3n) is 4.80. The number of methoxy groups -OCH3 is 2. The number of hydrogen-bond acceptors (Lipinski definition) is 6. The highest BCUT2D eigenvalue weighted by molar-refractivity contribution is 5.78. The highest BCUT2D eigenvalue weighted by Crippen LogP contribution is 2.23. The smallest absolute Gasteiger partial charge is 0.228 e. The molecule has 1 aromatic heterocycles. The standard InChI is InChI=1S/C20H26N4O3/c1-14-12-18(27-3)23-20(22-14)24-10-8-16(9-11-24)19(25)21-13-15-4-6-17(26-2)7-5-15/h4-7,12,16H,8-11,13H2,1-3H3,(H,21,25).